The van der Waals surface area contributed by atoms with E-state index < -0.39 is 10.0 Å². The number of carbonyl (C=O) groups excluding carboxylic acids is 1. The van der Waals surface area contributed by atoms with Crippen molar-refractivity contribution >= 4 is 15.9 Å². The van der Waals surface area contributed by atoms with Gasteiger partial charge in [-0.3, -0.25) is 4.79 Å². The fraction of sp³-hybridized carbons (Fsp3) is 0.696. The van der Waals surface area contributed by atoms with E-state index in [1.807, 2.05) is 0 Å². The highest BCUT2D eigenvalue weighted by molar-refractivity contribution is 7.89. The Morgan fingerprint density at radius 3 is 2.23 bits per heavy atom. The van der Waals surface area contributed by atoms with Gasteiger partial charge in [-0.1, -0.05) is 0 Å². The lowest BCUT2D eigenvalue weighted by atomic mass is 9.48. The second kappa shape index (κ2) is 7.23. The van der Waals surface area contributed by atoms with Crippen LogP contribution in [0.25, 0.3) is 0 Å². The average Bonchev–Trinajstić information content (AvgIpc) is 3.49. The normalized spacial score (nSPS) is 33.3. The summed E-state index contributed by atoms with van der Waals surface area (Å²) in [4.78, 5) is 13.1. The Kier molecular flexibility index (Phi) is 4.89. The molecule has 0 saturated heterocycles. The van der Waals surface area contributed by atoms with E-state index in [0.29, 0.717) is 5.56 Å². The first-order valence-electron chi connectivity index (χ1n) is 11.3. The van der Waals surface area contributed by atoms with Crippen LogP contribution in [0.5, 0.6) is 5.75 Å². The minimum absolute atomic E-state index is 0.00621. The molecule has 1 amide bonds. The Bertz CT molecular complexity index is 919. The number of hydrogen-bond donors (Lipinski definition) is 2. The Balaban J connectivity index is 1.35. The van der Waals surface area contributed by atoms with E-state index in [0.717, 1.165) is 30.6 Å². The number of nitrogens with one attached hydrogen (secondary N) is 2. The molecule has 5 aliphatic rings. The lowest BCUT2D eigenvalue weighted by molar-refractivity contribution is -0.0688. The first kappa shape index (κ1) is 20.3. The van der Waals surface area contributed by atoms with Gasteiger partial charge >= 0.3 is 0 Å². The Morgan fingerprint density at radius 1 is 1.10 bits per heavy atom. The monoisotopic (exact) mass is 432 g/mol. The van der Waals surface area contributed by atoms with Gasteiger partial charge in [-0.05, 0) is 99.7 Å². The number of methoxy groups -OCH3 is 1. The van der Waals surface area contributed by atoms with Crippen molar-refractivity contribution < 1.29 is 17.9 Å². The predicted octanol–water partition coefficient (Wildman–Crippen LogP) is 3.47. The van der Waals surface area contributed by atoms with Crippen molar-refractivity contribution in [2.24, 2.45) is 23.2 Å². The molecule has 5 fully saturated rings. The predicted molar refractivity (Wildman–Crippen MR) is 114 cm³/mol. The van der Waals surface area contributed by atoms with Gasteiger partial charge in [-0.15, -0.1) is 0 Å². The summed E-state index contributed by atoms with van der Waals surface area (Å²) in [6.45, 7) is 2.14. The minimum atomic E-state index is -3.72. The van der Waals surface area contributed by atoms with Gasteiger partial charge in [-0.2, -0.15) is 0 Å². The summed E-state index contributed by atoms with van der Waals surface area (Å²) < 4.78 is 33.5. The lowest BCUT2D eigenvalue weighted by Gasteiger charge is -2.59. The third-order valence-electron chi connectivity index (χ3n) is 7.97. The van der Waals surface area contributed by atoms with E-state index in [9.17, 15) is 13.2 Å². The van der Waals surface area contributed by atoms with Gasteiger partial charge in [0.1, 0.15) is 10.6 Å². The van der Waals surface area contributed by atoms with Gasteiger partial charge in [0.2, 0.25) is 10.0 Å². The van der Waals surface area contributed by atoms with Crippen LogP contribution in [-0.4, -0.2) is 33.5 Å². The third kappa shape index (κ3) is 3.64. The molecule has 1 atom stereocenters. The molecule has 0 radical (unpaired) electrons. The topological polar surface area (TPSA) is 84.5 Å². The van der Waals surface area contributed by atoms with Crippen LogP contribution < -0.4 is 14.8 Å². The maximum atomic E-state index is 13.1. The summed E-state index contributed by atoms with van der Waals surface area (Å²) in [5.41, 5.74) is 0.572. The zero-order chi connectivity index (χ0) is 21.1. The molecular weight excluding hydrogens is 400 g/mol. The van der Waals surface area contributed by atoms with Gasteiger partial charge in [0.05, 0.1) is 7.11 Å². The maximum absolute atomic E-state index is 13.1. The highest BCUT2D eigenvalue weighted by Gasteiger charge is 2.53. The average molecular weight is 433 g/mol. The summed E-state index contributed by atoms with van der Waals surface area (Å²) in [6.07, 6.45) is 9.46. The molecule has 6 nitrogen and oxygen atoms in total. The fourth-order valence-electron chi connectivity index (χ4n) is 6.65. The molecule has 0 aliphatic heterocycles. The largest absolute Gasteiger partial charge is 0.495 e. The van der Waals surface area contributed by atoms with Gasteiger partial charge < -0.3 is 10.1 Å². The van der Waals surface area contributed by atoms with Crippen LogP contribution in [0, 0.1) is 23.2 Å². The molecule has 164 valence electrons. The first-order valence-corrected chi connectivity index (χ1v) is 12.8. The molecule has 5 saturated carbocycles. The molecule has 1 aromatic rings. The van der Waals surface area contributed by atoms with Crippen molar-refractivity contribution in [3.05, 3.63) is 23.8 Å². The summed E-state index contributed by atoms with van der Waals surface area (Å²) in [5.74, 6) is 2.52. The highest BCUT2D eigenvalue weighted by Crippen LogP contribution is 2.61. The molecule has 0 heterocycles. The second-order valence-electron chi connectivity index (χ2n) is 10.2. The molecule has 4 bridgehead atoms. The van der Waals surface area contributed by atoms with Gasteiger partial charge in [-0.25, -0.2) is 13.1 Å². The standard InChI is InChI=1S/C23H32N2O4S/c1-14(23-11-15-7-16(12-23)9-17(8-15)13-23)24-22(26)18-3-6-20(29-2)21(10-18)30(27,28)25-19-4-5-19/h3,6,10,14-17,19,25H,4-5,7-9,11-13H2,1-2H3,(H,24,26)/t14-,15?,16?,17?,23?/m0/s1. The lowest BCUT2D eigenvalue weighted by Crippen LogP contribution is -2.55. The van der Waals surface area contributed by atoms with Crippen molar-refractivity contribution in [2.45, 2.75) is 75.3 Å². The van der Waals surface area contributed by atoms with Gasteiger partial charge in [0.15, 0.2) is 0 Å². The second-order valence-corrected chi connectivity index (χ2v) is 11.9. The molecule has 0 spiro atoms. The molecule has 5 aliphatic carbocycles. The molecule has 2 N–H and O–H groups in total. The molecule has 0 unspecified atom stereocenters. The van der Waals surface area contributed by atoms with E-state index in [-0.39, 0.29) is 34.1 Å². The van der Waals surface area contributed by atoms with Crippen molar-refractivity contribution in [3.63, 3.8) is 0 Å². The molecule has 30 heavy (non-hydrogen) atoms. The Labute approximate surface area is 179 Å². The number of benzene rings is 1. The van der Waals surface area contributed by atoms with Crippen LogP contribution in [-0.2, 0) is 10.0 Å². The van der Waals surface area contributed by atoms with Crippen molar-refractivity contribution in [2.75, 3.05) is 7.11 Å². The van der Waals surface area contributed by atoms with Crippen molar-refractivity contribution in [1.29, 1.82) is 0 Å². The van der Waals surface area contributed by atoms with Crippen LogP contribution in [0.2, 0.25) is 0 Å². The Morgan fingerprint density at radius 2 is 1.70 bits per heavy atom. The zero-order valence-electron chi connectivity index (χ0n) is 17.8. The van der Waals surface area contributed by atoms with E-state index in [1.54, 1.807) is 12.1 Å². The molecule has 1 aromatic carbocycles. The molecular formula is C23H32N2O4S. The molecule has 0 aromatic heterocycles. The SMILES string of the molecule is COc1ccc(C(=O)N[C@@H](C)C23CC4CC(CC(C4)C2)C3)cc1S(=O)(=O)NC1CC1. The number of ether oxygens (including phenoxy) is 1. The summed E-state index contributed by atoms with van der Waals surface area (Å²) in [6, 6.07) is 4.76. The molecule has 7 heteroatoms. The fourth-order valence-corrected chi connectivity index (χ4v) is 8.15. The van der Waals surface area contributed by atoms with Gasteiger partial charge in [0, 0.05) is 17.6 Å². The van der Waals surface area contributed by atoms with Crippen LogP contribution in [0.4, 0.5) is 0 Å². The minimum Gasteiger partial charge on any atom is -0.495 e. The van der Waals surface area contributed by atoms with Gasteiger partial charge in [0.25, 0.3) is 5.91 Å². The number of carbonyl (C=O) groups is 1. The summed E-state index contributed by atoms with van der Waals surface area (Å²) in [5, 5.41) is 3.23. The summed E-state index contributed by atoms with van der Waals surface area (Å²) in [7, 11) is -2.27. The maximum Gasteiger partial charge on any atom is 0.251 e. The number of amides is 1. The number of rotatable bonds is 7. The summed E-state index contributed by atoms with van der Waals surface area (Å²) >= 11 is 0. The smallest absolute Gasteiger partial charge is 0.251 e. The Hall–Kier alpha value is -1.60. The van der Waals surface area contributed by atoms with E-state index in [1.165, 1.54) is 51.7 Å². The van der Waals surface area contributed by atoms with Crippen LogP contribution in [0.15, 0.2) is 23.1 Å². The molecule has 6 rings (SSSR count). The third-order valence-corrected chi connectivity index (χ3v) is 9.51. The highest BCUT2D eigenvalue weighted by atomic mass is 32.2. The van der Waals surface area contributed by atoms with Crippen molar-refractivity contribution in [3.8, 4) is 5.75 Å². The van der Waals surface area contributed by atoms with Crippen LogP contribution in [0.1, 0.15) is 68.6 Å². The van der Waals surface area contributed by atoms with E-state index in [4.69, 9.17) is 4.74 Å². The zero-order valence-corrected chi connectivity index (χ0v) is 18.6. The van der Waals surface area contributed by atoms with Crippen LogP contribution in [0.3, 0.4) is 0 Å². The van der Waals surface area contributed by atoms with E-state index in [2.05, 4.69) is 17.0 Å². The number of sulfonamides is 1. The number of hydrogen-bond acceptors (Lipinski definition) is 4. The van der Waals surface area contributed by atoms with E-state index >= 15 is 0 Å². The van der Waals surface area contributed by atoms with Crippen molar-refractivity contribution in [1.82, 2.24) is 10.0 Å². The first-order chi connectivity index (χ1) is 14.3. The quantitative estimate of drug-likeness (QED) is 0.691. The van der Waals surface area contributed by atoms with Crippen LogP contribution >= 0.6 is 0 Å².